The molecule has 0 aliphatic heterocycles. The van der Waals surface area contributed by atoms with Crippen molar-refractivity contribution in [1.82, 2.24) is 9.55 Å². The molecule has 0 unspecified atom stereocenters. The molecule has 1 aromatic carbocycles. The van der Waals surface area contributed by atoms with Crippen LogP contribution in [-0.4, -0.2) is 21.1 Å². The average Bonchev–Trinajstić information content (AvgIpc) is 2.75. The number of rotatable bonds is 4. The molecule has 1 aromatic heterocycles. The third-order valence-corrected chi connectivity index (χ3v) is 2.54. The van der Waals surface area contributed by atoms with E-state index in [9.17, 15) is 14.0 Å². The van der Waals surface area contributed by atoms with Crippen LogP contribution < -0.4 is 0 Å². The zero-order valence-corrected chi connectivity index (χ0v) is 9.76. The first-order valence-corrected chi connectivity index (χ1v) is 5.37. The predicted octanol–water partition coefficient (Wildman–Crippen LogP) is 2.01. The van der Waals surface area contributed by atoms with Gasteiger partial charge in [-0.25, -0.2) is 9.37 Å². The summed E-state index contributed by atoms with van der Waals surface area (Å²) in [7, 11) is 1.67. The van der Waals surface area contributed by atoms with E-state index in [2.05, 4.69) is 4.98 Å². The Kier molecular flexibility index (Phi) is 3.32. The van der Waals surface area contributed by atoms with Crippen LogP contribution in [0.15, 0.2) is 36.7 Å². The third-order valence-electron chi connectivity index (χ3n) is 2.54. The number of benzene rings is 1. The van der Waals surface area contributed by atoms with E-state index < -0.39 is 11.6 Å². The maximum Gasteiger partial charge on any atom is 0.205 e. The molecule has 4 nitrogen and oxygen atoms in total. The second-order valence-electron chi connectivity index (χ2n) is 3.90. The Morgan fingerprint density at radius 3 is 2.72 bits per heavy atom. The highest BCUT2D eigenvalue weighted by molar-refractivity contribution is 6.12. The molecule has 0 atom stereocenters. The number of aryl methyl sites for hydroxylation is 1. The van der Waals surface area contributed by atoms with Gasteiger partial charge in [0.2, 0.25) is 5.78 Å². The number of Topliss-reactive ketones (excluding diaryl/α,β-unsaturated/α-hetero) is 2. The Hall–Kier alpha value is -2.30. The normalized spacial score (nSPS) is 10.3. The van der Waals surface area contributed by atoms with E-state index in [1.54, 1.807) is 17.8 Å². The SMILES string of the molecule is Cn1ccnc1C(=O)CC(=O)c1cccc(F)c1. The van der Waals surface area contributed by atoms with Gasteiger partial charge in [0, 0.05) is 25.0 Å². The summed E-state index contributed by atoms with van der Waals surface area (Å²) in [5, 5.41) is 0. The fourth-order valence-corrected chi connectivity index (χ4v) is 1.62. The van der Waals surface area contributed by atoms with Gasteiger partial charge in [0.25, 0.3) is 0 Å². The molecule has 0 fully saturated rings. The van der Waals surface area contributed by atoms with Gasteiger partial charge in [0.05, 0.1) is 6.42 Å². The zero-order chi connectivity index (χ0) is 13.1. The molecule has 5 heteroatoms. The fourth-order valence-electron chi connectivity index (χ4n) is 1.62. The Bertz CT molecular complexity index is 605. The van der Waals surface area contributed by atoms with Gasteiger partial charge in [-0.3, -0.25) is 9.59 Å². The van der Waals surface area contributed by atoms with Crippen molar-refractivity contribution >= 4 is 11.6 Å². The van der Waals surface area contributed by atoms with Gasteiger partial charge in [-0.05, 0) is 12.1 Å². The van der Waals surface area contributed by atoms with E-state index >= 15 is 0 Å². The minimum atomic E-state index is -0.495. The van der Waals surface area contributed by atoms with Crippen LogP contribution >= 0.6 is 0 Å². The number of carbonyl (C=O) groups excluding carboxylic acids is 2. The summed E-state index contributed by atoms with van der Waals surface area (Å²) in [6.07, 6.45) is 2.80. The third kappa shape index (κ3) is 2.51. The standard InChI is InChI=1S/C13H11FN2O2/c1-16-6-5-15-13(16)12(18)8-11(17)9-3-2-4-10(14)7-9/h2-7H,8H2,1H3. The summed E-state index contributed by atoms with van der Waals surface area (Å²) < 4.78 is 14.5. The Morgan fingerprint density at radius 1 is 1.33 bits per heavy atom. The molecule has 0 saturated heterocycles. The number of carbonyl (C=O) groups is 2. The van der Waals surface area contributed by atoms with Crippen LogP contribution in [0.5, 0.6) is 0 Å². The maximum atomic E-state index is 12.9. The van der Waals surface area contributed by atoms with Crippen molar-refractivity contribution < 1.29 is 14.0 Å². The lowest BCUT2D eigenvalue weighted by molar-refractivity contribution is 0.0886. The van der Waals surface area contributed by atoms with Gasteiger partial charge in [0.15, 0.2) is 11.6 Å². The maximum absolute atomic E-state index is 12.9. The van der Waals surface area contributed by atoms with Gasteiger partial charge >= 0.3 is 0 Å². The minimum absolute atomic E-state index is 0.192. The summed E-state index contributed by atoms with van der Waals surface area (Å²) in [5.41, 5.74) is 0.192. The second-order valence-corrected chi connectivity index (χ2v) is 3.90. The number of hydrogen-bond donors (Lipinski definition) is 0. The van der Waals surface area contributed by atoms with Gasteiger partial charge in [-0.2, -0.15) is 0 Å². The Balaban J connectivity index is 2.13. The first kappa shape index (κ1) is 12.2. The molecular formula is C13H11FN2O2. The van der Waals surface area contributed by atoms with E-state index in [0.29, 0.717) is 0 Å². The lowest BCUT2D eigenvalue weighted by Crippen LogP contribution is -2.13. The minimum Gasteiger partial charge on any atom is -0.332 e. The molecule has 0 spiro atoms. The largest absolute Gasteiger partial charge is 0.332 e. The van der Waals surface area contributed by atoms with E-state index in [0.717, 1.165) is 6.07 Å². The number of imidazole rings is 1. The van der Waals surface area contributed by atoms with Crippen molar-refractivity contribution in [3.05, 3.63) is 53.9 Å². The van der Waals surface area contributed by atoms with Crippen LogP contribution in [0.25, 0.3) is 0 Å². The smallest absolute Gasteiger partial charge is 0.205 e. The topological polar surface area (TPSA) is 52.0 Å². The summed E-state index contributed by atoms with van der Waals surface area (Å²) in [4.78, 5) is 27.5. The van der Waals surface area contributed by atoms with E-state index in [1.807, 2.05) is 0 Å². The molecular weight excluding hydrogens is 235 g/mol. The first-order valence-electron chi connectivity index (χ1n) is 5.37. The molecule has 0 aliphatic carbocycles. The lowest BCUT2D eigenvalue weighted by Gasteiger charge is -2.01. The highest BCUT2D eigenvalue weighted by Gasteiger charge is 2.17. The molecule has 2 rings (SSSR count). The Labute approximate surface area is 103 Å². The molecule has 0 radical (unpaired) electrons. The summed E-state index contributed by atoms with van der Waals surface area (Å²) in [6, 6.07) is 5.29. The van der Waals surface area contributed by atoms with Crippen molar-refractivity contribution in [2.24, 2.45) is 7.05 Å². The number of aromatic nitrogens is 2. The monoisotopic (exact) mass is 246 g/mol. The first-order chi connectivity index (χ1) is 8.58. The van der Waals surface area contributed by atoms with Crippen LogP contribution in [0.3, 0.4) is 0 Å². The van der Waals surface area contributed by atoms with Gasteiger partial charge in [-0.15, -0.1) is 0 Å². The number of halogens is 1. The number of nitrogens with zero attached hydrogens (tertiary/aromatic N) is 2. The zero-order valence-electron chi connectivity index (χ0n) is 9.76. The molecule has 2 aromatic rings. The quantitative estimate of drug-likeness (QED) is 0.612. The second kappa shape index (κ2) is 4.91. The van der Waals surface area contributed by atoms with Gasteiger partial charge in [-0.1, -0.05) is 12.1 Å². The fraction of sp³-hybridized carbons (Fsp3) is 0.154. The lowest BCUT2D eigenvalue weighted by atomic mass is 10.1. The van der Waals surface area contributed by atoms with Gasteiger partial charge in [0.1, 0.15) is 5.82 Å². The number of hydrogen-bond acceptors (Lipinski definition) is 3. The Morgan fingerprint density at radius 2 is 2.11 bits per heavy atom. The van der Waals surface area contributed by atoms with Crippen LogP contribution in [0.1, 0.15) is 27.4 Å². The van der Waals surface area contributed by atoms with Gasteiger partial charge < -0.3 is 4.57 Å². The molecule has 0 saturated carbocycles. The summed E-state index contributed by atoms with van der Waals surface area (Å²) >= 11 is 0. The molecule has 0 bridgehead atoms. The molecule has 0 aliphatic rings. The van der Waals surface area contributed by atoms with Crippen LogP contribution in [0.2, 0.25) is 0 Å². The number of ketones is 2. The molecule has 18 heavy (non-hydrogen) atoms. The molecule has 1 heterocycles. The van der Waals surface area contributed by atoms with Crippen LogP contribution in [-0.2, 0) is 7.05 Å². The summed E-state index contributed by atoms with van der Waals surface area (Å²) in [5.74, 6) is -1.07. The predicted molar refractivity (Wildman–Crippen MR) is 62.9 cm³/mol. The van der Waals surface area contributed by atoms with Crippen molar-refractivity contribution in [2.75, 3.05) is 0 Å². The highest BCUT2D eigenvalue weighted by atomic mass is 19.1. The molecule has 0 amide bonds. The van der Waals surface area contributed by atoms with Crippen molar-refractivity contribution in [2.45, 2.75) is 6.42 Å². The summed E-state index contributed by atoms with van der Waals surface area (Å²) in [6.45, 7) is 0. The van der Waals surface area contributed by atoms with E-state index in [4.69, 9.17) is 0 Å². The van der Waals surface area contributed by atoms with Crippen molar-refractivity contribution in [3.8, 4) is 0 Å². The van der Waals surface area contributed by atoms with Crippen molar-refractivity contribution in [3.63, 3.8) is 0 Å². The highest BCUT2D eigenvalue weighted by Crippen LogP contribution is 2.09. The average molecular weight is 246 g/mol. The van der Waals surface area contributed by atoms with Crippen LogP contribution in [0.4, 0.5) is 4.39 Å². The van der Waals surface area contributed by atoms with Crippen molar-refractivity contribution in [1.29, 1.82) is 0 Å². The molecule has 92 valence electrons. The van der Waals surface area contributed by atoms with E-state index in [-0.39, 0.29) is 23.6 Å². The van der Waals surface area contributed by atoms with E-state index in [1.165, 1.54) is 24.4 Å². The molecule has 0 N–H and O–H groups in total. The van der Waals surface area contributed by atoms with Crippen LogP contribution in [0, 0.1) is 5.82 Å².